The fourth-order valence-electron chi connectivity index (χ4n) is 3.14. The van der Waals surface area contributed by atoms with Gasteiger partial charge in [-0.1, -0.05) is 29.3 Å². The van der Waals surface area contributed by atoms with Crippen LogP contribution in [0.5, 0.6) is 0 Å². The van der Waals surface area contributed by atoms with Crippen LogP contribution in [-0.4, -0.2) is 19.1 Å². The van der Waals surface area contributed by atoms with E-state index in [1.165, 1.54) is 5.69 Å². The lowest BCUT2D eigenvalue weighted by Crippen LogP contribution is -2.32. The summed E-state index contributed by atoms with van der Waals surface area (Å²) < 4.78 is 0. The highest BCUT2D eigenvalue weighted by atomic mass is 35.5. The SMILES string of the molecule is Cc1cc(C#N)ccc1N1CCC(NCc2ccc(Cl)cc2Cl)C1. The first kappa shape index (κ1) is 17.1. The standard InChI is InChI=1S/C19H19Cl2N3/c1-13-8-14(10-22)2-5-19(13)24-7-6-17(12-24)23-11-15-3-4-16(20)9-18(15)21/h2-5,8-9,17,23H,6-7,11-12H2,1H3. The van der Waals surface area contributed by atoms with E-state index < -0.39 is 0 Å². The number of nitrogens with zero attached hydrogens (tertiary/aromatic N) is 2. The van der Waals surface area contributed by atoms with Gasteiger partial charge in [0.15, 0.2) is 0 Å². The summed E-state index contributed by atoms with van der Waals surface area (Å²) in [5.41, 5.74) is 4.13. The van der Waals surface area contributed by atoms with E-state index in [9.17, 15) is 0 Å². The Morgan fingerprint density at radius 3 is 2.79 bits per heavy atom. The van der Waals surface area contributed by atoms with Crippen LogP contribution in [0.25, 0.3) is 0 Å². The molecule has 1 heterocycles. The molecule has 5 heteroatoms. The smallest absolute Gasteiger partial charge is 0.0991 e. The minimum atomic E-state index is 0.423. The van der Waals surface area contributed by atoms with E-state index >= 15 is 0 Å². The average Bonchev–Trinajstić information content (AvgIpc) is 3.02. The van der Waals surface area contributed by atoms with Crippen molar-refractivity contribution < 1.29 is 0 Å². The first-order valence-electron chi connectivity index (χ1n) is 8.00. The van der Waals surface area contributed by atoms with Gasteiger partial charge >= 0.3 is 0 Å². The van der Waals surface area contributed by atoms with E-state index in [4.69, 9.17) is 28.5 Å². The molecule has 2 aromatic carbocycles. The summed E-state index contributed by atoms with van der Waals surface area (Å²) in [5, 5.41) is 13.9. The lowest BCUT2D eigenvalue weighted by Gasteiger charge is -2.21. The first-order valence-corrected chi connectivity index (χ1v) is 8.75. The Hall–Kier alpha value is -1.73. The molecule has 3 nitrogen and oxygen atoms in total. The summed E-state index contributed by atoms with van der Waals surface area (Å²) in [7, 11) is 0. The second-order valence-corrected chi connectivity index (χ2v) is 7.00. The quantitative estimate of drug-likeness (QED) is 0.870. The molecule has 24 heavy (non-hydrogen) atoms. The monoisotopic (exact) mass is 359 g/mol. The number of benzene rings is 2. The maximum Gasteiger partial charge on any atom is 0.0991 e. The van der Waals surface area contributed by atoms with Crippen LogP contribution >= 0.6 is 23.2 Å². The Kier molecular flexibility index (Phi) is 5.30. The number of nitriles is 1. The van der Waals surface area contributed by atoms with E-state index in [1.807, 2.05) is 30.3 Å². The van der Waals surface area contributed by atoms with Gasteiger partial charge in [0.2, 0.25) is 0 Å². The van der Waals surface area contributed by atoms with Gasteiger partial charge in [-0.3, -0.25) is 0 Å². The van der Waals surface area contributed by atoms with Crippen LogP contribution in [0.1, 0.15) is 23.1 Å². The van der Waals surface area contributed by atoms with Gasteiger partial charge in [-0.25, -0.2) is 0 Å². The topological polar surface area (TPSA) is 39.1 Å². The van der Waals surface area contributed by atoms with E-state index in [-0.39, 0.29) is 0 Å². The summed E-state index contributed by atoms with van der Waals surface area (Å²) in [6.07, 6.45) is 1.09. The number of halogens is 2. The van der Waals surface area contributed by atoms with Crippen LogP contribution in [0.15, 0.2) is 36.4 Å². The molecule has 1 aliphatic heterocycles. The Morgan fingerprint density at radius 1 is 1.25 bits per heavy atom. The fourth-order valence-corrected chi connectivity index (χ4v) is 3.62. The molecule has 0 bridgehead atoms. The highest BCUT2D eigenvalue weighted by Gasteiger charge is 2.23. The van der Waals surface area contributed by atoms with E-state index in [0.29, 0.717) is 21.7 Å². The van der Waals surface area contributed by atoms with Crippen molar-refractivity contribution in [2.75, 3.05) is 18.0 Å². The molecule has 1 unspecified atom stereocenters. The lowest BCUT2D eigenvalue weighted by atomic mass is 10.1. The first-order chi connectivity index (χ1) is 11.6. The highest BCUT2D eigenvalue weighted by molar-refractivity contribution is 6.35. The maximum absolute atomic E-state index is 8.99. The molecule has 0 radical (unpaired) electrons. The number of rotatable bonds is 4. The normalized spacial score (nSPS) is 17.1. The van der Waals surface area contributed by atoms with Crippen molar-refractivity contribution in [1.29, 1.82) is 5.26 Å². The molecule has 0 aromatic heterocycles. The van der Waals surface area contributed by atoms with Crippen molar-refractivity contribution in [3.8, 4) is 6.07 Å². The van der Waals surface area contributed by atoms with Gasteiger partial charge in [0.05, 0.1) is 11.6 Å². The van der Waals surface area contributed by atoms with Crippen LogP contribution in [0.2, 0.25) is 10.0 Å². The zero-order valence-electron chi connectivity index (χ0n) is 13.5. The minimum Gasteiger partial charge on any atom is -0.370 e. The van der Waals surface area contributed by atoms with Crippen LogP contribution in [0, 0.1) is 18.3 Å². The van der Waals surface area contributed by atoms with Crippen molar-refractivity contribution in [1.82, 2.24) is 5.32 Å². The van der Waals surface area contributed by atoms with Crippen molar-refractivity contribution >= 4 is 28.9 Å². The third kappa shape index (κ3) is 3.84. The maximum atomic E-state index is 8.99. The van der Waals surface area contributed by atoms with E-state index in [2.05, 4.69) is 23.2 Å². The number of nitrogens with one attached hydrogen (secondary N) is 1. The van der Waals surface area contributed by atoms with Crippen LogP contribution in [0.4, 0.5) is 5.69 Å². The Morgan fingerprint density at radius 2 is 2.08 bits per heavy atom. The number of anilines is 1. The molecule has 124 valence electrons. The average molecular weight is 360 g/mol. The van der Waals surface area contributed by atoms with Gasteiger partial charge in [-0.05, 0) is 54.8 Å². The molecule has 0 amide bonds. The van der Waals surface area contributed by atoms with Crippen molar-refractivity contribution in [2.24, 2.45) is 0 Å². The lowest BCUT2D eigenvalue weighted by molar-refractivity contribution is 0.551. The summed E-state index contributed by atoms with van der Waals surface area (Å²) in [6.45, 7) is 4.77. The van der Waals surface area contributed by atoms with Crippen LogP contribution in [-0.2, 0) is 6.54 Å². The van der Waals surface area contributed by atoms with Crippen molar-refractivity contribution in [3.63, 3.8) is 0 Å². The largest absolute Gasteiger partial charge is 0.370 e. The predicted molar refractivity (Wildman–Crippen MR) is 99.8 cm³/mol. The number of hydrogen-bond donors (Lipinski definition) is 1. The Balaban J connectivity index is 1.60. The van der Waals surface area contributed by atoms with E-state index in [0.717, 1.165) is 37.2 Å². The van der Waals surface area contributed by atoms with Gasteiger partial charge < -0.3 is 10.2 Å². The molecule has 3 rings (SSSR count). The summed E-state index contributed by atoms with van der Waals surface area (Å²) in [5.74, 6) is 0. The fraction of sp³-hybridized carbons (Fsp3) is 0.316. The molecule has 1 aliphatic rings. The molecule has 1 saturated heterocycles. The van der Waals surface area contributed by atoms with Gasteiger partial charge in [-0.15, -0.1) is 0 Å². The summed E-state index contributed by atoms with van der Waals surface area (Å²) >= 11 is 12.2. The van der Waals surface area contributed by atoms with Gasteiger partial charge in [-0.2, -0.15) is 5.26 Å². The molecule has 2 aromatic rings. The number of hydrogen-bond acceptors (Lipinski definition) is 3. The second-order valence-electron chi connectivity index (χ2n) is 6.16. The Bertz CT molecular complexity index is 783. The van der Waals surface area contributed by atoms with Crippen LogP contribution < -0.4 is 10.2 Å². The van der Waals surface area contributed by atoms with Gasteiger partial charge in [0.25, 0.3) is 0 Å². The summed E-state index contributed by atoms with van der Waals surface area (Å²) in [6, 6.07) is 14.1. The molecule has 0 saturated carbocycles. The Labute approximate surface area is 152 Å². The zero-order valence-corrected chi connectivity index (χ0v) is 15.0. The zero-order chi connectivity index (χ0) is 17.1. The van der Waals surface area contributed by atoms with Gasteiger partial charge in [0.1, 0.15) is 0 Å². The predicted octanol–water partition coefficient (Wildman–Crippen LogP) is 4.54. The van der Waals surface area contributed by atoms with Crippen molar-refractivity contribution in [3.05, 3.63) is 63.1 Å². The summed E-state index contributed by atoms with van der Waals surface area (Å²) in [4.78, 5) is 2.37. The highest BCUT2D eigenvalue weighted by Crippen LogP contribution is 2.26. The van der Waals surface area contributed by atoms with Gasteiger partial charge in [0, 0.05) is 41.4 Å². The minimum absolute atomic E-state index is 0.423. The molecular formula is C19H19Cl2N3. The van der Waals surface area contributed by atoms with E-state index in [1.54, 1.807) is 6.07 Å². The molecule has 1 atom stereocenters. The van der Waals surface area contributed by atoms with Crippen LogP contribution in [0.3, 0.4) is 0 Å². The third-order valence-electron chi connectivity index (χ3n) is 4.45. The molecule has 0 aliphatic carbocycles. The third-order valence-corrected chi connectivity index (χ3v) is 5.04. The molecule has 1 fully saturated rings. The molecule has 1 N–H and O–H groups in total. The molecule has 0 spiro atoms. The van der Waals surface area contributed by atoms with Crippen molar-refractivity contribution in [2.45, 2.75) is 25.9 Å². The number of aryl methyl sites for hydroxylation is 1. The molecular weight excluding hydrogens is 341 g/mol. The second kappa shape index (κ2) is 7.44.